The lowest BCUT2D eigenvalue weighted by molar-refractivity contribution is 0.746. The molecule has 0 aliphatic rings. The molecule has 0 aliphatic carbocycles. The number of hydrogen-bond acceptors (Lipinski definition) is 2. The number of rotatable bonds is 5. The van der Waals surface area contributed by atoms with Crippen molar-refractivity contribution in [1.29, 1.82) is 0 Å². The van der Waals surface area contributed by atoms with Crippen LogP contribution >= 0.6 is 11.8 Å². The van der Waals surface area contributed by atoms with Crippen molar-refractivity contribution in [2.45, 2.75) is 19.1 Å². The lowest BCUT2D eigenvalue weighted by atomic mass is 10.1. The molecule has 14 heavy (non-hydrogen) atoms. The zero-order valence-corrected chi connectivity index (χ0v) is 9.76. The minimum atomic E-state index is 0.457. The van der Waals surface area contributed by atoms with Gasteiger partial charge in [0.1, 0.15) is 0 Å². The molecule has 0 saturated carbocycles. The third-order valence-electron chi connectivity index (χ3n) is 2.02. The van der Waals surface area contributed by atoms with Crippen molar-refractivity contribution in [3.8, 4) is 0 Å². The van der Waals surface area contributed by atoms with E-state index in [1.54, 1.807) is 0 Å². The molecule has 1 atom stereocenters. The van der Waals surface area contributed by atoms with Gasteiger partial charge < -0.3 is 5.73 Å². The van der Waals surface area contributed by atoms with Crippen LogP contribution in [0.25, 0.3) is 0 Å². The van der Waals surface area contributed by atoms with Crippen LogP contribution in [0.1, 0.15) is 24.7 Å². The fourth-order valence-electron chi connectivity index (χ4n) is 1.28. The van der Waals surface area contributed by atoms with Gasteiger partial charge in [-0.1, -0.05) is 44.2 Å². The summed E-state index contributed by atoms with van der Waals surface area (Å²) < 4.78 is 0. The van der Waals surface area contributed by atoms with Crippen LogP contribution in [0.4, 0.5) is 0 Å². The van der Waals surface area contributed by atoms with Crippen molar-refractivity contribution in [3.05, 3.63) is 35.9 Å². The Balaban J connectivity index is 2.54. The zero-order chi connectivity index (χ0) is 10.4. The van der Waals surface area contributed by atoms with Crippen LogP contribution in [0.3, 0.4) is 0 Å². The molecule has 1 nitrogen and oxygen atoms in total. The topological polar surface area (TPSA) is 26.0 Å². The Morgan fingerprint density at radius 3 is 2.36 bits per heavy atom. The van der Waals surface area contributed by atoms with E-state index in [9.17, 15) is 0 Å². The van der Waals surface area contributed by atoms with Gasteiger partial charge in [0, 0.05) is 11.8 Å². The molecule has 1 unspecified atom stereocenters. The maximum atomic E-state index is 5.77. The maximum Gasteiger partial charge on any atom is 0.0419 e. The Morgan fingerprint density at radius 1 is 1.21 bits per heavy atom. The molecule has 2 heteroatoms. The summed E-state index contributed by atoms with van der Waals surface area (Å²) in [6, 6.07) is 10.5. The molecule has 0 spiro atoms. The van der Waals surface area contributed by atoms with Gasteiger partial charge in [-0.15, -0.1) is 0 Å². The van der Waals surface area contributed by atoms with Gasteiger partial charge in [-0.2, -0.15) is 11.8 Å². The molecule has 0 aliphatic heterocycles. The maximum absolute atomic E-state index is 5.77. The van der Waals surface area contributed by atoms with E-state index in [4.69, 9.17) is 5.73 Å². The molecular weight excluding hydrogens is 190 g/mol. The summed E-state index contributed by atoms with van der Waals surface area (Å²) in [7, 11) is 0. The molecule has 0 fully saturated rings. The van der Waals surface area contributed by atoms with E-state index in [2.05, 4.69) is 38.1 Å². The molecule has 0 amide bonds. The van der Waals surface area contributed by atoms with Crippen LogP contribution in [0.15, 0.2) is 30.3 Å². The van der Waals surface area contributed by atoms with Gasteiger partial charge in [0.25, 0.3) is 0 Å². The molecular formula is C12H19NS. The first-order valence-corrected chi connectivity index (χ1v) is 6.15. The molecule has 0 aromatic heterocycles. The normalized spacial score (nSPS) is 13.1. The average Bonchev–Trinajstić information content (AvgIpc) is 2.20. The summed E-state index contributed by atoms with van der Waals surface area (Å²) in [5, 5.41) is 0.457. The lowest BCUT2D eigenvalue weighted by Gasteiger charge is -2.15. The Bertz CT molecular complexity index is 246. The van der Waals surface area contributed by atoms with Crippen LogP contribution < -0.4 is 5.73 Å². The van der Waals surface area contributed by atoms with Gasteiger partial charge in [0.15, 0.2) is 0 Å². The SMILES string of the molecule is CC(C)CSC(CN)c1ccccc1. The predicted molar refractivity (Wildman–Crippen MR) is 65.5 cm³/mol. The van der Waals surface area contributed by atoms with Gasteiger partial charge in [-0.3, -0.25) is 0 Å². The quantitative estimate of drug-likeness (QED) is 0.806. The number of hydrogen-bond donors (Lipinski definition) is 1. The van der Waals surface area contributed by atoms with Gasteiger partial charge in [0.05, 0.1) is 0 Å². The van der Waals surface area contributed by atoms with E-state index >= 15 is 0 Å². The Hall–Kier alpha value is -0.470. The first-order valence-electron chi connectivity index (χ1n) is 5.10. The highest BCUT2D eigenvalue weighted by Crippen LogP contribution is 2.28. The largest absolute Gasteiger partial charge is 0.329 e. The second-order valence-electron chi connectivity index (χ2n) is 3.86. The van der Waals surface area contributed by atoms with Gasteiger partial charge >= 0.3 is 0 Å². The van der Waals surface area contributed by atoms with Crippen molar-refractivity contribution in [2.75, 3.05) is 12.3 Å². The number of nitrogens with two attached hydrogens (primary N) is 1. The fraction of sp³-hybridized carbons (Fsp3) is 0.500. The summed E-state index contributed by atoms with van der Waals surface area (Å²) >= 11 is 1.96. The van der Waals surface area contributed by atoms with Crippen molar-refractivity contribution < 1.29 is 0 Å². The first-order chi connectivity index (χ1) is 6.74. The zero-order valence-electron chi connectivity index (χ0n) is 8.94. The Labute approximate surface area is 91.1 Å². The molecule has 1 rings (SSSR count). The van der Waals surface area contributed by atoms with E-state index in [0.29, 0.717) is 5.25 Å². The van der Waals surface area contributed by atoms with E-state index in [1.807, 2.05) is 17.8 Å². The van der Waals surface area contributed by atoms with Crippen LogP contribution in [-0.4, -0.2) is 12.3 Å². The van der Waals surface area contributed by atoms with Crippen LogP contribution in [-0.2, 0) is 0 Å². The molecule has 1 aromatic carbocycles. The minimum absolute atomic E-state index is 0.457. The van der Waals surface area contributed by atoms with Gasteiger partial charge in [-0.25, -0.2) is 0 Å². The number of thioether (sulfide) groups is 1. The van der Waals surface area contributed by atoms with E-state index in [-0.39, 0.29) is 0 Å². The molecule has 1 aromatic rings. The monoisotopic (exact) mass is 209 g/mol. The molecule has 0 radical (unpaired) electrons. The van der Waals surface area contributed by atoms with Crippen molar-refractivity contribution >= 4 is 11.8 Å². The summed E-state index contributed by atoms with van der Waals surface area (Å²) in [5.41, 5.74) is 7.12. The fourth-order valence-corrected chi connectivity index (χ4v) is 2.38. The summed E-state index contributed by atoms with van der Waals surface area (Å²) in [5.74, 6) is 1.91. The summed E-state index contributed by atoms with van der Waals surface area (Å²) in [4.78, 5) is 0. The van der Waals surface area contributed by atoms with Gasteiger partial charge in [-0.05, 0) is 17.2 Å². The molecule has 0 heterocycles. The van der Waals surface area contributed by atoms with Crippen LogP contribution in [0.2, 0.25) is 0 Å². The average molecular weight is 209 g/mol. The predicted octanol–water partition coefficient (Wildman–Crippen LogP) is 3.08. The highest BCUT2D eigenvalue weighted by Gasteiger charge is 2.09. The van der Waals surface area contributed by atoms with Crippen LogP contribution in [0, 0.1) is 5.92 Å². The van der Waals surface area contributed by atoms with E-state index < -0.39 is 0 Å². The molecule has 0 saturated heterocycles. The minimum Gasteiger partial charge on any atom is -0.329 e. The smallest absolute Gasteiger partial charge is 0.0419 e. The van der Waals surface area contributed by atoms with Crippen molar-refractivity contribution in [1.82, 2.24) is 0 Å². The van der Waals surface area contributed by atoms with E-state index in [1.165, 1.54) is 11.3 Å². The lowest BCUT2D eigenvalue weighted by Crippen LogP contribution is -2.10. The van der Waals surface area contributed by atoms with Crippen LogP contribution in [0.5, 0.6) is 0 Å². The Kier molecular flexibility index (Phi) is 5.05. The molecule has 78 valence electrons. The highest BCUT2D eigenvalue weighted by molar-refractivity contribution is 7.99. The molecule has 0 bridgehead atoms. The first kappa shape index (κ1) is 11.6. The third-order valence-corrected chi connectivity index (χ3v) is 3.74. The van der Waals surface area contributed by atoms with E-state index in [0.717, 1.165) is 12.5 Å². The Morgan fingerprint density at radius 2 is 1.86 bits per heavy atom. The van der Waals surface area contributed by atoms with Gasteiger partial charge in [0.2, 0.25) is 0 Å². The van der Waals surface area contributed by atoms with Crippen molar-refractivity contribution in [2.24, 2.45) is 11.7 Å². The number of benzene rings is 1. The standard InChI is InChI=1S/C12H19NS/c1-10(2)9-14-12(8-13)11-6-4-3-5-7-11/h3-7,10,12H,8-9,13H2,1-2H3. The summed E-state index contributed by atoms with van der Waals surface area (Å²) in [6.45, 7) is 5.21. The molecule has 2 N–H and O–H groups in total. The van der Waals surface area contributed by atoms with Crippen molar-refractivity contribution in [3.63, 3.8) is 0 Å². The second kappa shape index (κ2) is 6.10. The second-order valence-corrected chi connectivity index (χ2v) is 5.10. The third kappa shape index (κ3) is 3.72. The highest BCUT2D eigenvalue weighted by atomic mass is 32.2. The summed E-state index contributed by atoms with van der Waals surface area (Å²) in [6.07, 6.45) is 0.